The summed E-state index contributed by atoms with van der Waals surface area (Å²) in [6, 6.07) is 20.8. The molecular weight excluding hydrogens is 1210 g/mol. The molecule has 16 rings (SSSR count). The van der Waals surface area contributed by atoms with Gasteiger partial charge in [0.25, 0.3) is 17.7 Å². The molecule has 26 heteroatoms. The molecule has 6 bridgehead atoms. The van der Waals surface area contributed by atoms with Gasteiger partial charge in [-0.15, -0.1) is 12.4 Å². The van der Waals surface area contributed by atoms with Crippen molar-refractivity contribution in [1.82, 2.24) is 41.3 Å². The second-order valence-corrected chi connectivity index (χ2v) is 28.0. The lowest BCUT2D eigenvalue weighted by Crippen LogP contribution is -2.84. The molecule has 0 atom stereocenters. The number of halogens is 4. The van der Waals surface area contributed by atoms with Crippen molar-refractivity contribution in [3.63, 3.8) is 0 Å². The number of ether oxygens (including phenoxy) is 3. The van der Waals surface area contributed by atoms with Crippen LogP contribution in [0.2, 0.25) is 15.1 Å². The second kappa shape index (κ2) is 24.9. The average Bonchev–Trinajstić information content (AvgIpc) is 1.13. The molecule has 13 aliphatic rings. The van der Waals surface area contributed by atoms with Gasteiger partial charge in [0, 0.05) is 48.3 Å². The Balaban J connectivity index is 0.000000151. The Morgan fingerprint density at radius 1 is 0.414 bits per heavy atom. The van der Waals surface area contributed by atoms with E-state index in [2.05, 4.69) is 26.6 Å². The fraction of sp³-hybridized carbons (Fsp3) is 0.590. The molecule has 0 heterocycles. The van der Waals surface area contributed by atoms with Gasteiger partial charge in [-0.1, -0.05) is 34.8 Å². The Bertz CT molecular complexity index is 2890. The van der Waals surface area contributed by atoms with E-state index in [1.165, 1.54) is 0 Å². The molecule has 476 valence electrons. The summed E-state index contributed by atoms with van der Waals surface area (Å²) in [4.78, 5) is 87.3. The fourth-order valence-corrected chi connectivity index (χ4v) is 13.5. The molecule has 13 fully saturated rings. The van der Waals surface area contributed by atoms with Gasteiger partial charge in [-0.3, -0.25) is 48.3 Å². The molecule has 13 saturated carbocycles. The molecule has 0 aromatic heterocycles. The third-order valence-electron chi connectivity index (χ3n) is 18.9. The molecule has 0 unspecified atom stereocenters. The van der Waals surface area contributed by atoms with E-state index in [9.17, 15) is 33.6 Å². The Hall–Kier alpha value is -5.69. The van der Waals surface area contributed by atoms with Crippen LogP contribution in [0.4, 0.5) is 0 Å². The maximum atomic E-state index is 12.5. The molecule has 87 heavy (non-hydrogen) atoms. The Morgan fingerprint density at radius 2 is 0.667 bits per heavy atom. The molecule has 0 aliphatic heterocycles. The quantitative estimate of drug-likeness (QED) is 0.0673. The third-order valence-corrected chi connectivity index (χ3v) is 19.6. The highest BCUT2D eigenvalue weighted by Crippen LogP contribution is 2.62. The first-order chi connectivity index (χ1) is 40.3. The number of nitrogens with one attached hydrogen (secondary N) is 5. The van der Waals surface area contributed by atoms with Crippen molar-refractivity contribution in [2.45, 2.75) is 165 Å². The van der Waals surface area contributed by atoms with E-state index >= 15 is 0 Å². The minimum Gasteiger partial charge on any atom is -0.484 e. The molecule has 5 amide bonds. The maximum Gasteiger partial charge on any atom is 0.324 e. The summed E-state index contributed by atoms with van der Waals surface area (Å²) in [6.07, 6.45) is 14.1. The van der Waals surface area contributed by atoms with Crippen molar-refractivity contribution in [1.29, 1.82) is 0 Å². The summed E-state index contributed by atoms with van der Waals surface area (Å²) in [5.74, 6) is 0.224. The minimum atomic E-state index is -0.868. The Kier molecular flexibility index (Phi) is 19.3. The number of carbonyl (C=O) groups excluding carboxylic acids is 5. The van der Waals surface area contributed by atoms with Gasteiger partial charge >= 0.3 is 11.9 Å². The standard InChI is InChI=1S/2C19H24ClN3O3.C13H15ClN2O2.C6H11NO2.C4H7NO2.ClH/c2*1-23(2)19(7-8-19)16(25)22-18-10-17(11-18,12-18)21-15(24)9-26-14-5-3-13(20)4-6-14;14-9-1-3-10(4-2-9)18-5-11(17)16-13-6-12(15,7-13)8-13;1-7(2)6(3-4-6)5(8)9;5-4(1-2-4)3(6)7;/h2*3-6H,7-12H2,1-2H3,(H,21,24)(H,22,25);1-4H,5-8,15H2,(H,16,17);3-4H2,1-2H3,(H,8,9);1-2,5H2,(H,6,7);1H. The molecule has 3 aromatic rings. The van der Waals surface area contributed by atoms with Gasteiger partial charge in [-0.05, 0) is 224 Å². The van der Waals surface area contributed by atoms with E-state index in [0.717, 1.165) is 96.3 Å². The van der Waals surface area contributed by atoms with Gasteiger partial charge in [-0.2, -0.15) is 0 Å². The van der Waals surface area contributed by atoms with Crippen LogP contribution in [0.3, 0.4) is 0 Å². The predicted molar refractivity (Wildman–Crippen MR) is 329 cm³/mol. The zero-order valence-electron chi connectivity index (χ0n) is 50.1. The zero-order valence-corrected chi connectivity index (χ0v) is 53.2. The number of hydrogen-bond donors (Lipinski definition) is 9. The molecular formula is C61H82Cl4N10O12. The SMILES string of the molecule is CN(C)C1(C(=O)NC23CC(NC(=O)COc4ccc(Cl)cc4)(C2)C3)CC1.CN(C)C1(C(=O)NC23CC(NC(=O)COc4ccc(Cl)cc4)(C2)C3)CC1.CN(C)C1(C(=O)O)CC1.Cl.NC1(C(=O)O)CC1.NC12CC(NC(=O)COc3ccc(Cl)cc3)(C1)C2. The van der Waals surface area contributed by atoms with E-state index in [1.54, 1.807) is 91.8 Å². The van der Waals surface area contributed by atoms with Crippen LogP contribution in [0.25, 0.3) is 0 Å². The van der Waals surface area contributed by atoms with Gasteiger partial charge in [0.15, 0.2) is 19.8 Å². The van der Waals surface area contributed by atoms with Crippen LogP contribution in [-0.2, 0) is 33.6 Å². The van der Waals surface area contributed by atoms with Crippen molar-refractivity contribution in [3.8, 4) is 17.2 Å². The topological polar surface area (TPSA) is 310 Å². The number of hydrogen-bond acceptors (Lipinski definition) is 15. The van der Waals surface area contributed by atoms with Crippen molar-refractivity contribution < 1.29 is 58.0 Å². The van der Waals surface area contributed by atoms with Crippen LogP contribution in [-0.4, -0.2) is 184 Å². The van der Waals surface area contributed by atoms with Crippen LogP contribution in [0.1, 0.15) is 109 Å². The molecule has 22 nitrogen and oxygen atoms in total. The summed E-state index contributed by atoms with van der Waals surface area (Å²) >= 11 is 17.4. The number of aliphatic carboxylic acids is 2. The van der Waals surface area contributed by atoms with E-state index in [4.69, 9.17) is 70.7 Å². The normalized spacial score (nSPS) is 28.8. The zero-order chi connectivity index (χ0) is 62.5. The van der Waals surface area contributed by atoms with Crippen molar-refractivity contribution >= 4 is 88.7 Å². The molecule has 11 N–H and O–H groups in total. The maximum absolute atomic E-state index is 12.5. The third kappa shape index (κ3) is 15.1. The first-order valence-electron chi connectivity index (χ1n) is 29.1. The van der Waals surface area contributed by atoms with Crippen LogP contribution >= 0.6 is 47.2 Å². The molecule has 0 saturated heterocycles. The predicted octanol–water partition coefficient (Wildman–Crippen LogP) is 5.06. The molecule has 3 aromatic carbocycles. The fourth-order valence-electron chi connectivity index (χ4n) is 13.2. The largest absolute Gasteiger partial charge is 0.484 e. The van der Waals surface area contributed by atoms with E-state index in [1.807, 2.05) is 38.0 Å². The van der Waals surface area contributed by atoms with E-state index in [-0.39, 0.29) is 106 Å². The number of rotatable bonds is 21. The first-order valence-corrected chi connectivity index (χ1v) is 30.2. The van der Waals surface area contributed by atoms with Gasteiger partial charge in [0.2, 0.25) is 11.8 Å². The van der Waals surface area contributed by atoms with Gasteiger partial charge < -0.3 is 62.5 Å². The smallest absolute Gasteiger partial charge is 0.324 e. The summed E-state index contributed by atoms with van der Waals surface area (Å²) in [7, 11) is 11.4. The van der Waals surface area contributed by atoms with Crippen molar-refractivity contribution in [2.75, 3.05) is 62.1 Å². The second-order valence-electron chi connectivity index (χ2n) is 26.7. The summed E-state index contributed by atoms with van der Waals surface area (Å²) in [6.45, 7) is -0.0140. The minimum absolute atomic E-state index is 0. The number of carboxylic acid groups (broad SMARTS) is 2. The van der Waals surface area contributed by atoms with Crippen LogP contribution in [0.15, 0.2) is 72.8 Å². The monoisotopic (exact) mass is 1290 g/mol. The van der Waals surface area contributed by atoms with Crippen molar-refractivity contribution in [3.05, 3.63) is 87.9 Å². The lowest BCUT2D eigenvalue weighted by atomic mass is 9.44. The van der Waals surface area contributed by atoms with Crippen molar-refractivity contribution in [2.24, 2.45) is 11.5 Å². The number of benzene rings is 3. The highest BCUT2D eigenvalue weighted by atomic mass is 35.5. The first kappa shape index (κ1) is 67.2. The number of amides is 5. The highest BCUT2D eigenvalue weighted by molar-refractivity contribution is 6.31. The molecule has 0 radical (unpaired) electrons. The van der Waals surface area contributed by atoms with E-state index in [0.29, 0.717) is 45.2 Å². The van der Waals surface area contributed by atoms with Crippen LogP contribution in [0, 0.1) is 0 Å². The number of nitrogens with zero attached hydrogens (tertiary/aromatic N) is 3. The van der Waals surface area contributed by atoms with Gasteiger partial charge in [-0.25, -0.2) is 0 Å². The number of likely N-dealkylation sites (N-methyl/N-ethyl adjacent to an activating group) is 3. The lowest BCUT2D eigenvalue weighted by molar-refractivity contribution is -0.155. The lowest BCUT2D eigenvalue weighted by Gasteiger charge is -2.70. The Morgan fingerprint density at radius 3 is 0.851 bits per heavy atom. The number of carboxylic acids is 2. The number of nitrogens with two attached hydrogens (primary N) is 2. The average molecular weight is 1290 g/mol. The summed E-state index contributed by atoms with van der Waals surface area (Å²) < 4.78 is 16.3. The molecule has 0 spiro atoms. The summed E-state index contributed by atoms with van der Waals surface area (Å²) in [5, 5.41) is 34.3. The highest BCUT2D eigenvalue weighted by Gasteiger charge is 2.72. The van der Waals surface area contributed by atoms with E-state index < -0.39 is 23.0 Å². The van der Waals surface area contributed by atoms with Gasteiger partial charge in [0.05, 0.1) is 11.1 Å². The van der Waals surface area contributed by atoms with Gasteiger partial charge in [0.1, 0.15) is 28.3 Å². The number of carbonyl (C=O) groups is 7. The Labute approximate surface area is 528 Å². The van der Waals surface area contributed by atoms with Crippen LogP contribution < -0.4 is 52.3 Å². The molecule has 13 aliphatic carbocycles. The van der Waals surface area contributed by atoms with Crippen LogP contribution in [0.5, 0.6) is 17.2 Å². The summed E-state index contributed by atoms with van der Waals surface area (Å²) in [5.41, 5.74) is 8.58.